The van der Waals surface area contributed by atoms with Crippen LogP contribution in [0.5, 0.6) is 0 Å². The van der Waals surface area contributed by atoms with E-state index >= 15 is 0 Å². The molecular formula is C49H35NS. The van der Waals surface area contributed by atoms with Gasteiger partial charge in [0.2, 0.25) is 0 Å². The van der Waals surface area contributed by atoms with Gasteiger partial charge in [-0.15, -0.1) is 0 Å². The molecule has 2 heteroatoms. The fraction of sp³-hybridized carbons (Fsp3) is 0.0612. The quantitative estimate of drug-likeness (QED) is 0.183. The van der Waals surface area contributed by atoms with Crippen molar-refractivity contribution in [2.45, 2.75) is 29.1 Å². The first-order chi connectivity index (χ1) is 25.1. The molecule has 51 heavy (non-hydrogen) atoms. The van der Waals surface area contributed by atoms with Gasteiger partial charge in [0.1, 0.15) is 0 Å². The van der Waals surface area contributed by atoms with Gasteiger partial charge in [0.15, 0.2) is 0 Å². The van der Waals surface area contributed by atoms with E-state index in [-0.39, 0.29) is 5.41 Å². The molecule has 0 unspecified atom stereocenters. The van der Waals surface area contributed by atoms with Crippen LogP contribution in [0, 0.1) is 0 Å². The van der Waals surface area contributed by atoms with Crippen LogP contribution in [0.4, 0.5) is 17.1 Å². The minimum atomic E-state index is -0.105. The number of hydrogen-bond acceptors (Lipinski definition) is 2. The van der Waals surface area contributed by atoms with Crippen molar-refractivity contribution in [2.24, 2.45) is 0 Å². The lowest BCUT2D eigenvalue weighted by Gasteiger charge is -2.30. The fourth-order valence-corrected chi connectivity index (χ4v) is 9.51. The van der Waals surface area contributed by atoms with Gasteiger partial charge in [-0.25, -0.2) is 0 Å². The van der Waals surface area contributed by atoms with Crippen LogP contribution in [0.2, 0.25) is 0 Å². The third-order valence-electron chi connectivity index (χ3n) is 10.9. The van der Waals surface area contributed by atoms with Gasteiger partial charge in [0, 0.05) is 32.0 Å². The van der Waals surface area contributed by atoms with Crippen molar-refractivity contribution in [3.8, 4) is 44.5 Å². The van der Waals surface area contributed by atoms with E-state index in [2.05, 4.69) is 195 Å². The largest absolute Gasteiger partial charge is 0.310 e. The summed E-state index contributed by atoms with van der Waals surface area (Å²) >= 11 is 1.86. The molecule has 0 spiro atoms. The zero-order valence-electron chi connectivity index (χ0n) is 28.6. The van der Waals surface area contributed by atoms with E-state index in [4.69, 9.17) is 0 Å². The summed E-state index contributed by atoms with van der Waals surface area (Å²) in [6.45, 7) is 4.73. The Morgan fingerprint density at radius 2 is 0.961 bits per heavy atom. The number of rotatable bonds is 4. The Labute approximate surface area is 303 Å². The maximum Gasteiger partial charge on any atom is 0.0540 e. The standard InChI is InChI=1S/C49H35NS/c1-49(2)43-20-9-6-15-36(43)37-28-27-35(31-44(37)49)50(34-25-23-33(24-26-34)32-13-4-3-5-14-32)45-30-29-41-39-17-8-11-22-47(39)51-46-21-10-7-16-38(46)40-18-12-19-42(45)48(40)41/h3-31H,1-2H3. The molecule has 0 aromatic heterocycles. The molecule has 0 saturated carbocycles. The van der Waals surface area contributed by atoms with Gasteiger partial charge in [-0.2, -0.15) is 0 Å². The highest BCUT2D eigenvalue weighted by Gasteiger charge is 2.36. The molecule has 242 valence electrons. The van der Waals surface area contributed by atoms with Crippen LogP contribution in [0.3, 0.4) is 0 Å². The molecule has 8 aromatic carbocycles. The monoisotopic (exact) mass is 669 g/mol. The lowest BCUT2D eigenvalue weighted by Crippen LogP contribution is -2.16. The van der Waals surface area contributed by atoms with Gasteiger partial charge in [-0.3, -0.25) is 0 Å². The Balaban J connectivity index is 1.24. The van der Waals surface area contributed by atoms with Crippen LogP contribution in [-0.4, -0.2) is 0 Å². The summed E-state index contributed by atoms with van der Waals surface area (Å²) < 4.78 is 0. The smallest absolute Gasteiger partial charge is 0.0540 e. The van der Waals surface area contributed by atoms with Gasteiger partial charge >= 0.3 is 0 Å². The van der Waals surface area contributed by atoms with Gasteiger partial charge in [0.25, 0.3) is 0 Å². The lowest BCUT2D eigenvalue weighted by molar-refractivity contribution is 0.660. The fourth-order valence-electron chi connectivity index (χ4n) is 8.40. The Bertz CT molecular complexity index is 2580. The van der Waals surface area contributed by atoms with Crippen molar-refractivity contribution < 1.29 is 0 Å². The molecule has 2 aliphatic rings. The normalized spacial score (nSPS) is 13.4. The zero-order chi connectivity index (χ0) is 34.1. The first kappa shape index (κ1) is 30.0. The molecule has 1 aliphatic carbocycles. The van der Waals surface area contributed by atoms with Gasteiger partial charge in [-0.05, 0) is 103 Å². The second-order valence-corrected chi connectivity index (χ2v) is 15.2. The van der Waals surface area contributed by atoms with Crippen molar-refractivity contribution >= 4 is 39.6 Å². The van der Waals surface area contributed by atoms with E-state index in [1.807, 2.05) is 11.8 Å². The first-order valence-corrected chi connectivity index (χ1v) is 18.5. The Hall–Kier alpha value is -5.83. The van der Waals surface area contributed by atoms with Crippen LogP contribution in [0.1, 0.15) is 25.0 Å². The van der Waals surface area contributed by atoms with Gasteiger partial charge < -0.3 is 4.90 Å². The molecule has 0 N–H and O–H groups in total. The second kappa shape index (κ2) is 11.6. The summed E-state index contributed by atoms with van der Waals surface area (Å²) in [6.07, 6.45) is 0. The maximum absolute atomic E-state index is 2.47. The Morgan fingerprint density at radius 1 is 0.412 bits per heavy atom. The SMILES string of the molecule is CC1(C)c2ccccc2-c2ccc(N(c3ccc(-c4ccccc4)cc3)c3ccc4c5c(cccc35)-c3ccccc3Sc3ccccc3-4)cc21. The van der Waals surface area contributed by atoms with Crippen molar-refractivity contribution in [1.82, 2.24) is 0 Å². The van der Waals surface area contributed by atoms with Crippen molar-refractivity contribution in [3.05, 3.63) is 187 Å². The average molecular weight is 670 g/mol. The molecule has 10 rings (SSSR count). The van der Waals surface area contributed by atoms with E-state index < -0.39 is 0 Å². The van der Waals surface area contributed by atoms with E-state index in [0.717, 1.165) is 11.4 Å². The minimum Gasteiger partial charge on any atom is -0.310 e. The predicted molar refractivity (Wildman–Crippen MR) is 217 cm³/mol. The number of hydrogen-bond donors (Lipinski definition) is 0. The highest BCUT2D eigenvalue weighted by molar-refractivity contribution is 7.99. The Kier molecular flexibility index (Phi) is 6.84. The second-order valence-electron chi connectivity index (χ2n) is 14.1. The molecule has 0 amide bonds. The van der Waals surface area contributed by atoms with Gasteiger partial charge in [-0.1, -0.05) is 159 Å². The van der Waals surface area contributed by atoms with Crippen LogP contribution in [0.25, 0.3) is 55.3 Å². The highest BCUT2D eigenvalue weighted by Crippen LogP contribution is 2.53. The summed E-state index contributed by atoms with van der Waals surface area (Å²) in [6, 6.07) is 65.0. The maximum atomic E-state index is 2.47. The molecule has 0 atom stereocenters. The van der Waals surface area contributed by atoms with E-state index in [0.29, 0.717) is 0 Å². The van der Waals surface area contributed by atoms with E-state index in [9.17, 15) is 0 Å². The summed E-state index contributed by atoms with van der Waals surface area (Å²) in [5, 5.41) is 2.52. The third-order valence-corrected chi connectivity index (χ3v) is 12.0. The molecule has 0 radical (unpaired) electrons. The predicted octanol–water partition coefficient (Wildman–Crippen LogP) is 14.1. The number of nitrogens with zero attached hydrogens (tertiary/aromatic N) is 1. The molecule has 1 aliphatic heterocycles. The van der Waals surface area contributed by atoms with Crippen LogP contribution < -0.4 is 4.90 Å². The molecular weight excluding hydrogens is 635 g/mol. The zero-order valence-corrected chi connectivity index (χ0v) is 29.4. The topological polar surface area (TPSA) is 3.24 Å². The van der Waals surface area contributed by atoms with Crippen molar-refractivity contribution in [3.63, 3.8) is 0 Å². The number of fused-ring (bicyclic) bond motifs is 7. The van der Waals surface area contributed by atoms with E-state index in [1.165, 1.54) is 81.9 Å². The van der Waals surface area contributed by atoms with Crippen LogP contribution in [-0.2, 0) is 5.41 Å². The third kappa shape index (κ3) is 4.71. The van der Waals surface area contributed by atoms with Crippen molar-refractivity contribution in [1.29, 1.82) is 0 Å². The molecule has 1 heterocycles. The van der Waals surface area contributed by atoms with E-state index in [1.54, 1.807) is 0 Å². The first-order valence-electron chi connectivity index (χ1n) is 17.7. The van der Waals surface area contributed by atoms with Gasteiger partial charge in [0.05, 0.1) is 5.69 Å². The summed E-state index contributed by atoms with van der Waals surface area (Å²) in [5.74, 6) is 0. The van der Waals surface area contributed by atoms with Crippen LogP contribution in [0.15, 0.2) is 186 Å². The van der Waals surface area contributed by atoms with Crippen LogP contribution >= 0.6 is 11.8 Å². The lowest BCUT2D eigenvalue weighted by atomic mass is 9.82. The highest BCUT2D eigenvalue weighted by atomic mass is 32.2. The Morgan fingerprint density at radius 3 is 1.71 bits per heavy atom. The summed E-state index contributed by atoms with van der Waals surface area (Å²) in [4.78, 5) is 5.03. The number of benzene rings is 8. The molecule has 0 saturated heterocycles. The molecule has 8 aromatic rings. The molecule has 1 nitrogen and oxygen atoms in total. The van der Waals surface area contributed by atoms with Crippen molar-refractivity contribution in [2.75, 3.05) is 4.90 Å². The summed E-state index contributed by atoms with van der Waals surface area (Å²) in [5.41, 5.74) is 16.3. The minimum absolute atomic E-state index is 0.105. The average Bonchev–Trinajstić information content (AvgIpc) is 3.41. The molecule has 0 bridgehead atoms. The molecule has 0 fully saturated rings. The summed E-state index contributed by atoms with van der Waals surface area (Å²) in [7, 11) is 0. The number of anilines is 3.